The zero-order valence-corrected chi connectivity index (χ0v) is 17.2. The van der Waals surface area contributed by atoms with Crippen molar-refractivity contribution in [1.82, 2.24) is 19.8 Å². The maximum atomic E-state index is 6.94. The summed E-state index contributed by atoms with van der Waals surface area (Å²) in [7, 11) is 0. The number of benzene rings is 1. The lowest BCUT2D eigenvalue weighted by atomic mass is 9.68. The zero-order chi connectivity index (χ0) is 18.9. The van der Waals surface area contributed by atoms with Gasteiger partial charge in [-0.2, -0.15) is 5.10 Å². The Hall–Kier alpha value is -1.81. The van der Waals surface area contributed by atoms with Gasteiger partial charge in [-0.1, -0.05) is 80.5 Å². The first-order valence-corrected chi connectivity index (χ1v) is 11.4. The smallest absolute Gasteiger partial charge is 0.175 e. The van der Waals surface area contributed by atoms with Crippen LogP contribution in [0, 0.1) is 11.8 Å². The predicted molar refractivity (Wildman–Crippen MR) is 114 cm³/mol. The Kier molecular flexibility index (Phi) is 5.15. The lowest BCUT2D eigenvalue weighted by molar-refractivity contribution is 0.199. The van der Waals surface area contributed by atoms with Crippen molar-refractivity contribution in [2.24, 2.45) is 11.8 Å². The van der Waals surface area contributed by atoms with Gasteiger partial charge < -0.3 is 4.98 Å². The molecule has 148 valence electrons. The van der Waals surface area contributed by atoms with Crippen LogP contribution in [0.15, 0.2) is 30.3 Å². The first kappa shape index (κ1) is 18.2. The summed E-state index contributed by atoms with van der Waals surface area (Å²) in [5, 5.41) is 10.4. The highest BCUT2D eigenvalue weighted by Crippen LogP contribution is 2.47. The molecular weight excluding hydrogens is 368 g/mol. The van der Waals surface area contributed by atoms with Gasteiger partial charge in [0.1, 0.15) is 5.02 Å². The molecule has 0 saturated heterocycles. The van der Waals surface area contributed by atoms with Crippen LogP contribution < -0.4 is 0 Å². The van der Waals surface area contributed by atoms with Gasteiger partial charge in [0.15, 0.2) is 11.5 Å². The van der Waals surface area contributed by atoms with Crippen molar-refractivity contribution >= 4 is 17.2 Å². The summed E-state index contributed by atoms with van der Waals surface area (Å²) in [6.07, 6.45) is 13.5. The van der Waals surface area contributed by atoms with Gasteiger partial charge in [0, 0.05) is 11.5 Å². The number of rotatable bonds is 4. The predicted octanol–water partition coefficient (Wildman–Crippen LogP) is 6.62. The second kappa shape index (κ2) is 7.90. The van der Waals surface area contributed by atoms with E-state index in [1.807, 2.05) is 18.2 Å². The van der Waals surface area contributed by atoms with E-state index < -0.39 is 0 Å². The van der Waals surface area contributed by atoms with Crippen LogP contribution in [0.4, 0.5) is 0 Å². The van der Waals surface area contributed by atoms with Crippen molar-refractivity contribution in [3.8, 4) is 11.4 Å². The monoisotopic (exact) mass is 396 g/mol. The van der Waals surface area contributed by atoms with Crippen molar-refractivity contribution in [3.63, 3.8) is 0 Å². The van der Waals surface area contributed by atoms with Gasteiger partial charge in [0.25, 0.3) is 0 Å². The van der Waals surface area contributed by atoms with Crippen molar-refractivity contribution in [1.29, 1.82) is 0 Å². The molecule has 2 aromatic heterocycles. The van der Waals surface area contributed by atoms with Gasteiger partial charge in [-0.05, 0) is 37.5 Å². The highest BCUT2D eigenvalue weighted by Gasteiger charge is 2.36. The molecule has 28 heavy (non-hydrogen) atoms. The number of aromatic amines is 1. The Labute approximate surface area is 171 Å². The molecule has 1 aromatic carbocycles. The van der Waals surface area contributed by atoms with Gasteiger partial charge in [-0.3, -0.25) is 0 Å². The normalized spacial score (nSPS) is 19.6. The molecule has 5 rings (SSSR count). The number of hydrogen-bond donors (Lipinski definition) is 1. The topological polar surface area (TPSA) is 46.0 Å². The molecule has 2 aliphatic rings. The van der Waals surface area contributed by atoms with Crippen LogP contribution in [0.2, 0.25) is 5.02 Å². The van der Waals surface area contributed by atoms with Crippen molar-refractivity contribution in [2.45, 2.75) is 70.1 Å². The van der Waals surface area contributed by atoms with E-state index in [1.165, 1.54) is 64.2 Å². The second-order valence-corrected chi connectivity index (χ2v) is 9.08. The van der Waals surface area contributed by atoms with E-state index >= 15 is 0 Å². The molecule has 5 heteroatoms. The van der Waals surface area contributed by atoms with Crippen LogP contribution in [0.1, 0.15) is 75.8 Å². The maximum absolute atomic E-state index is 6.94. The molecule has 2 heterocycles. The van der Waals surface area contributed by atoms with Gasteiger partial charge >= 0.3 is 0 Å². The number of halogens is 1. The van der Waals surface area contributed by atoms with Gasteiger partial charge in [0.2, 0.25) is 0 Å². The highest BCUT2D eigenvalue weighted by atomic mass is 35.5. The van der Waals surface area contributed by atoms with E-state index in [9.17, 15) is 0 Å². The molecule has 0 aliphatic heterocycles. The molecule has 0 spiro atoms. The molecule has 2 fully saturated rings. The van der Waals surface area contributed by atoms with Crippen LogP contribution in [0.5, 0.6) is 0 Å². The minimum absolute atomic E-state index is 0.489. The molecule has 1 N–H and O–H groups in total. The van der Waals surface area contributed by atoms with E-state index in [0.29, 0.717) is 5.92 Å². The van der Waals surface area contributed by atoms with Crippen molar-refractivity contribution in [3.05, 3.63) is 41.0 Å². The van der Waals surface area contributed by atoms with Gasteiger partial charge in [-0.25, -0.2) is 0 Å². The van der Waals surface area contributed by atoms with Gasteiger partial charge in [-0.15, -0.1) is 9.73 Å². The van der Waals surface area contributed by atoms with Crippen LogP contribution in [-0.2, 0) is 0 Å². The van der Waals surface area contributed by atoms with E-state index in [4.69, 9.17) is 21.8 Å². The van der Waals surface area contributed by atoms with Crippen LogP contribution in [0.25, 0.3) is 17.0 Å². The number of nitrogens with zero attached hydrogens (tertiary/aromatic N) is 3. The quantitative estimate of drug-likeness (QED) is 0.538. The first-order valence-electron chi connectivity index (χ1n) is 11.0. The summed E-state index contributed by atoms with van der Waals surface area (Å²) in [4.78, 5) is 3.42. The van der Waals surface area contributed by atoms with Gasteiger partial charge in [0.05, 0.1) is 5.69 Å². The molecule has 2 saturated carbocycles. The molecule has 0 bridgehead atoms. The summed E-state index contributed by atoms with van der Waals surface area (Å²) < 4.78 is 1.73. The minimum atomic E-state index is 0.489. The molecule has 3 aromatic rings. The largest absolute Gasteiger partial charge is 0.320 e. The number of H-pyrrole nitrogens is 1. The molecule has 0 amide bonds. The lowest BCUT2D eigenvalue weighted by Crippen LogP contribution is -2.26. The van der Waals surface area contributed by atoms with Crippen molar-refractivity contribution < 1.29 is 0 Å². The summed E-state index contributed by atoms with van der Waals surface area (Å²) in [6, 6.07) is 10.2. The number of aromatic nitrogens is 4. The summed E-state index contributed by atoms with van der Waals surface area (Å²) in [5.74, 6) is 2.76. The molecule has 0 radical (unpaired) electrons. The SMILES string of the molecule is Clc1c(C(C2CCCCC2)C2CCCCC2)nn2nc(-c3ccccc3)[nH]c12. The summed E-state index contributed by atoms with van der Waals surface area (Å²) in [5.41, 5.74) is 2.99. The Bertz CT molecular complexity index is 899. The second-order valence-electron chi connectivity index (χ2n) is 8.70. The third-order valence-electron chi connectivity index (χ3n) is 6.95. The van der Waals surface area contributed by atoms with Crippen LogP contribution >= 0.6 is 11.6 Å². The number of nitrogens with one attached hydrogen (secondary N) is 1. The zero-order valence-electron chi connectivity index (χ0n) is 16.4. The summed E-state index contributed by atoms with van der Waals surface area (Å²) in [6.45, 7) is 0. The highest BCUT2D eigenvalue weighted by molar-refractivity contribution is 6.34. The van der Waals surface area contributed by atoms with Crippen LogP contribution in [0.3, 0.4) is 0 Å². The fourth-order valence-corrected chi connectivity index (χ4v) is 5.86. The fraction of sp³-hybridized carbons (Fsp3) is 0.565. The number of hydrogen-bond acceptors (Lipinski definition) is 2. The Morgan fingerprint density at radius 2 is 1.46 bits per heavy atom. The molecular formula is C23H29ClN4. The standard InChI is InChI=1S/C23H29ClN4/c24-20-21(19(16-10-4-1-5-11-16)17-12-6-2-7-13-17)26-28-23(20)25-22(27-28)18-14-8-3-9-15-18/h3,8-9,14-17,19H,1-2,4-7,10-13H2,(H,25,27). The third-order valence-corrected chi connectivity index (χ3v) is 7.32. The fourth-order valence-electron chi connectivity index (χ4n) is 5.57. The van der Waals surface area contributed by atoms with E-state index in [-0.39, 0.29) is 0 Å². The maximum Gasteiger partial charge on any atom is 0.175 e. The number of fused-ring (bicyclic) bond motifs is 1. The summed E-state index contributed by atoms with van der Waals surface area (Å²) >= 11 is 6.94. The van der Waals surface area contributed by atoms with Crippen molar-refractivity contribution in [2.75, 3.05) is 0 Å². The Morgan fingerprint density at radius 1 is 0.857 bits per heavy atom. The van der Waals surface area contributed by atoms with E-state index in [1.54, 1.807) is 4.63 Å². The molecule has 2 aliphatic carbocycles. The molecule has 4 nitrogen and oxygen atoms in total. The Balaban J connectivity index is 1.52. The van der Waals surface area contributed by atoms with E-state index in [2.05, 4.69) is 17.1 Å². The third kappa shape index (κ3) is 3.36. The average molecular weight is 397 g/mol. The lowest BCUT2D eigenvalue weighted by Gasteiger charge is -2.37. The van der Waals surface area contributed by atoms with Crippen LogP contribution in [-0.4, -0.2) is 19.8 Å². The minimum Gasteiger partial charge on any atom is -0.320 e. The molecule has 0 unspecified atom stereocenters. The van der Waals surface area contributed by atoms with E-state index in [0.717, 1.165) is 39.6 Å². The first-order chi connectivity index (χ1) is 13.8. The average Bonchev–Trinajstić information content (AvgIpc) is 3.31. The molecule has 0 atom stereocenters. The Morgan fingerprint density at radius 3 is 2.04 bits per heavy atom.